The van der Waals surface area contributed by atoms with Crippen LogP contribution in [0, 0.1) is 11.3 Å². The molecule has 0 fully saturated rings. The van der Waals surface area contributed by atoms with Crippen molar-refractivity contribution in [2.24, 2.45) is 0 Å². The van der Waals surface area contributed by atoms with Gasteiger partial charge in [-0.15, -0.1) is 0 Å². The Bertz CT molecular complexity index is 345. The molecule has 0 bridgehead atoms. The molecule has 0 N–H and O–H groups in total. The molecular formula is C13H18N2O. The summed E-state index contributed by atoms with van der Waals surface area (Å²) in [6.07, 6.45) is -0.000417. The lowest BCUT2D eigenvalue weighted by Gasteiger charge is -2.29. The first-order valence-electron chi connectivity index (χ1n) is 5.35. The van der Waals surface area contributed by atoms with E-state index in [-0.39, 0.29) is 12.1 Å². The highest BCUT2D eigenvalue weighted by molar-refractivity contribution is 5.19. The van der Waals surface area contributed by atoms with Crippen LogP contribution in [0.5, 0.6) is 0 Å². The van der Waals surface area contributed by atoms with Crippen LogP contribution in [-0.2, 0) is 4.74 Å². The Morgan fingerprint density at radius 2 is 2.00 bits per heavy atom. The zero-order chi connectivity index (χ0) is 12.0. The lowest BCUT2D eigenvalue weighted by atomic mass is 10.0. The number of rotatable bonds is 5. The fourth-order valence-corrected chi connectivity index (χ4v) is 1.74. The van der Waals surface area contributed by atoms with E-state index in [0.29, 0.717) is 6.54 Å². The van der Waals surface area contributed by atoms with Gasteiger partial charge in [-0.1, -0.05) is 30.3 Å². The van der Waals surface area contributed by atoms with Crippen molar-refractivity contribution in [1.29, 1.82) is 5.26 Å². The molecule has 1 aromatic rings. The topological polar surface area (TPSA) is 36.3 Å². The lowest BCUT2D eigenvalue weighted by Crippen LogP contribution is -2.35. The highest BCUT2D eigenvalue weighted by atomic mass is 16.5. The smallest absolute Gasteiger partial charge is 0.0973 e. The van der Waals surface area contributed by atoms with E-state index >= 15 is 0 Å². The summed E-state index contributed by atoms with van der Waals surface area (Å²) < 4.78 is 5.51. The summed E-state index contributed by atoms with van der Waals surface area (Å²) >= 11 is 0. The number of ether oxygens (including phenoxy) is 1. The van der Waals surface area contributed by atoms with Gasteiger partial charge in [0, 0.05) is 13.2 Å². The van der Waals surface area contributed by atoms with Gasteiger partial charge in [-0.05, 0) is 19.5 Å². The Balaban J connectivity index is 2.79. The van der Waals surface area contributed by atoms with Crippen molar-refractivity contribution < 1.29 is 4.74 Å². The highest BCUT2D eigenvalue weighted by Gasteiger charge is 2.21. The maximum atomic E-state index is 8.68. The van der Waals surface area contributed by atoms with Crippen molar-refractivity contribution in [3.05, 3.63) is 35.9 Å². The van der Waals surface area contributed by atoms with Crippen LogP contribution in [-0.4, -0.2) is 31.6 Å². The minimum Gasteiger partial charge on any atom is -0.375 e. The summed E-state index contributed by atoms with van der Waals surface area (Å²) in [5, 5.41) is 8.68. The zero-order valence-corrected chi connectivity index (χ0v) is 10.1. The molecule has 86 valence electrons. The van der Waals surface area contributed by atoms with Crippen LogP contribution in [0.25, 0.3) is 0 Å². The summed E-state index contributed by atoms with van der Waals surface area (Å²) in [6.45, 7) is 2.48. The molecule has 1 aromatic carbocycles. The number of likely N-dealkylation sites (N-methyl/N-ethyl adjacent to an activating group) is 1. The van der Waals surface area contributed by atoms with Crippen LogP contribution >= 0.6 is 0 Å². The fraction of sp³-hybridized carbons (Fsp3) is 0.462. The van der Waals surface area contributed by atoms with Crippen LogP contribution < -0.4 is 0 Å². The Hall–Kier alpha value is -1.37. The number of benzene rings is 1. The minimum absolute atomic E-state index is 0.000417. The van der Waals surface area contributed by atoms with Gasteiger partial charge in [-0.3, -0.25) is 4.90 Å². The average Bonchev–Trinajstić information content (AvgIpc) is 2.31. The molecule has 3 heteroatoms. The molecule has 0 unspecified atom stereocenters. The van der Waals surface area contributed by atoms with E-state index in [1.54, 1.807) is 7.11 Å². The van der Waals surface area contributed by atoms with Gasteiger partial charge in [0.15, 0.2) is 0 Å². The van der Waals surface area contributed by atoms with Gasteiger partial charge in [0.2, 0.25) is 0 Å². The monoisotopic (exact) mass is 218 g/mol. The number of nitriles is 1. The lowest BCUT2D eigenvalue weighted by molar-refractivity contribution is 0.0345. The third-order valence-electron chi connectivity index (χ3n) is 2.84. The third-order valence-corrected chi connectivity index (χ3v) is 2.84. The third kappa shape index (κ3) is 3.06. The van der Waals surface area contributed by atoms with Crippen LogP contribution in [0.4, 0.5) is 0 Å². The van der Waals surface area contributed by atoms with E-state index in [2.05, 4.69) is 13.0 Å². The predicted octanol–water partition coefficient (Wildman–Crippen LogP) is 2.22. The van der Waals surface area contributed by atoms with E-state index in [9.17, 15) is 0 Å². The van der Waals surface area contributed by atoms with Crippen molar-refractivity contribution in [1.82, 2.24) is 4.90 Å². The maximum Gasteiger partial charge on any atom is 0.0973 e. The van der Waals surface area contributed by atoms with Gasteiger partial charge in [0.1, 0.15) is 0 Å². The Labute approximate surface area is 97.3 Å². The largest absolute Gasteiger partial charge is 0.375 e. The Morgan fingerprint density at radius 3 is 2.50 bits per heavy atom. The number of methoxy groups -OCH3 is 1. The van der Waals surface area contributed by atoms with Crippen LogP contribution in [0.1, 0.15) is 18.6 Å². The normalized spacial score (nSPS) is 14.4. The molecule has 3 nitrogen and oxygen atoms in total. The molecule has 0 saturated carbocycles. The van der Waals surface area contributed by atoms with E-state index in [0.717, 1.165) is 5.56 Å². The summed E-state index contributed by atoms with van der Waals surface area (Å²) in [5.41, 5.74) is 1.14. The first-order valence-corrected chi connectivity index (χ1v) is 5.35. The molecule has 0 spiro atoms. The van der Waals surface area contributed by atoms with Gasteiger partial charge in [-0.25, -0.2) is 0 Å². The summed E-state index contributed by atoms with van der Waals surface area (Å²) in [7, 11) is 3.64. The molecule has 1 rings (SSSR count). The molecule has 0 heterocycles. The summed E-state index contributed by atoms with van der Waals surface area (Å²) in [4.78, 5) is 1.99. The molecule has 0 saturated heterocycles. The van der Waals surface area contributed by atoms with Gasteiger partial charge >= 0.3 is 0 Å². The zero-order valence-electron chi connectivity index (χ0n) is 10.1. The second-order valence-electron chi connectivity index (χ2n) is 3.88. The van der Waals surface area contributed by atoms with E-state index in [4.69, 9.17) is 10.00 Å². The SMILES string of the molecule is CO[C@@H](c1ccccc1)[C@H](C)N(C)CC#N. The van der Waals surface area contributed by atoms with E-state index in [1.165, 1.54) is 0 Å². The maximum absolute atomic E-state index is 8.68. The number of hydrogen-bond acceptors (Lipinski definition) is 3. The molecular weight excluding hydrogens is 200 g/mol. The van der Waals surface area contributed by atoms with Crippen molar-refractivity contribution in [3.63, 3.8) is 0 Å². The van der Waals surface area contributed by atoms with Gasteiger partial charge in [0.25, 0.3) is 0 Å². The van der Waals surface area contributed by atoms with Crippen molar-refractivity contribution >= 4 is 0 Å². The molecule has 2 atom stereocenters. The van der Waals surface area contributed by atoms with Crippen LogP contribution in [0.2, 0.25) is 0 Å². The van der Waals surface area contributed by atoms with Crippen molar-refractivity contribution in [3.8, 4) is 6.07 Å². The standard InChI is InChI=1S/C13H18N2O/c1-11(15(2)10-9-14)13(16-3)12-7-5-4-6-8-12/h4-8,11,13H,10H2,1-3H3/t11-,13+/m0/s1. The van der Waals surface area contributed by atoms with Gasteiger partial charge in [-0.2, -0.15) is 5.26 Å². The highest BCUT2D eigenvalue weighted by Crippen LogP contribution is 2.23. The second kappa shape index (κ2) is 6.26. The van der Waals surface area contributed by atoms with Crippen LogP contribution in [0.15, 0.2) is 30.3 Å². The van der Waals surface area contributed by atoms with E-state index in [1.807, 2.05) is 42.3 Å². The minimum atomic E-state index is -0.000417. The molecule has 0 aliphatic heterocycles. The van der Waals surface area contributed by atoms with Crippen LogP contribution in [0.3, 0.4) is 0 Å². The molecule has 0 aliphatic rings. The molecule has 0 aromatic heterocycles. The van der Waals surface area contributed by atoms with E-state index < -0.39 is 0 Å². The fourth-order valence-electron chi connectivity index (χ4n) is 1.74. The number of hydrogen-bond donors (Lipinski definition) is 0. The van der Waals surface area contributed by atoms with Crippen molar-refractivity contribution in [2.75, 3.05) is 20.7 Å². The average molecular weight is 218 g/mol. The molecule has 0 radical (unpaired) electrons. The van der Waals surface area contributed by atoms with Gasteiger partial charge in [0.05, 0.1) is 18.7 Å². The predicted molar refractivity (Wildman–Crippen MR) is 63.9 cm³/mol. The molecule has 0 aliphatic carbocycles. The second-order valence-corrected chi connectivity index (χ2v) is 3.88. The Kier molecular flexibility index (Phi) is 4.97. The molecule has 16 heavy (non-hydrogen) atoms. The Morgan fingerprint density at radius 1 is 1.38 bits per heavy atom. The van der Waals surface area contributed by atoms with Crippen molar-refractivity contribution in [2.45, 2.75) is 19.1 Å². The first-order chi connectivity index (χ1) is 7.70. The number of nitrogens with zero attached hydrogens (tertiary/aromatic N) is 2. The quantitative estimate of drug-likeness (QED) is 0.711. The first kappa shape index (κ1) is 12.7. The molecule has 0 amide bonds. The summed E-state index contributed by atoms with van der Waals surface area (Å²) in [6, 6.07) is 12.4. The van der Waals surface area contributed by atoms with Gasteiger partial charge < -0.3 is 4.74 Å². The summed E-state index contributed by atoms with van der Waals surface area (Å²) in [5.74, 6) is 0.